The van der Waals surface area contributed by atoms with E-state index in [2.05, 4.69) is 25.5 Å². The van der Waals surface area contributed by atoms with Crippen LogP contribution in [0.15, 0.2) is 18.6 Å². The van der Waals surface area contributed by atoms with Crippen molar-refractivity contribution in [1.29, 1.82) is 0 Å². The summed E-state index contributed by atoms with van der Waals surface area (Å²) in [5.74, 6) is 2.01. The van der Waals surface area contributed by atoms with E-state index in [4.69, 9.17) is 4.74 Å². The Kier molecular flexibility index (Phi) is 3.49. The molecule has 0 amide bonds. The smallest absolute Gasteiger partial charge is 0.225 e. The van der Waals surface area contributed by atoms with Crippen LogP contribution in [-0.2, 0) is 13.5 Å². The minimum absolute atomic E-state index is 0.543. The molecule has 17 heavy (non-hydrogen) atoms. The summed E-state index contributed by atoms with van der Waals surface area (Å²) in [6.07, 6.45) is 4.09. The summed E-state index contributed by atoms with van der Waals surface area (Å²) in [4.78, 5) is 8.23. The highest BCUT2D eigenvalue weighted by molar-refractivity contribution is 5.27. The Bertz CT molecular complexity index is 483. The van der Waals surface area contributed by atoms with Crippen molar-refractivity contribution < 1.29 is 4.74 Å². The van der Waals surface area contributed by atoms with E-state index >= 15 is 0 Å². The zero-order chi connectivity index (χ0) is 12.1. The molecule has 0 saturated carbocycles. The second-order valence-electron chi connectivity index (χ2n) is 3.46. The van der Waals surface area contributed by atoms with Crippen molar-refractivity contribution in [1.82, 2.24) is 24.7 Å². The van der Waals surface area contributed by atoms with Crippen LogP contribution < -0.4 is 10.1 Å². The number of nitrogens with one attached hydrogen (secondary N) is 1. The largest absolute Gasteiger partial charge is 0.481 e. The van der Waals surface area contributed by atoms with E-state index in [1.165, 1.54) is 0 Å². The van der Waals surface area contributed by atoms with Crippen LogP contribution in [0.1, 0.15) is 5.82 Å². The normalized spacial score (nSPS) is 10.2. The Labute approximate surface area is 98.9 Å². The van der Waals surface area contributed by atoms with Gasteiger partial charge in [-0.25, -0.2) is 4.98 Å². The van der Waals surface area contributed by atoms with Crippen molar-refractivity contribution in [2.45, 2.75) is 6.42 Å². The topological polar surface area (TPSA) is 77.8 Å². The number of methoxy groups -OCH3 is 1. The lowest BCUT2D eigenvalue weighted by molar-refractivity contribution is 0.397. The third-order valence-electron chi connectivity index (χ3n) is 2.28. The molecule has 0 bridgehead atoms. The third-order valence-corrected chi connectivity index (χ3v) is 2.28. The summed E-state index contributed by atoms with van der Waals surface area (Å²) in [7, 11) is 3.49. The first kappa shape index (κ1) is 11.3. The van der Waals surface area contributed by atoms with E-state index in [-0.39, 0.29) is 0 Å². The summed E-state index contributed by atoms with van der Waals surface area (Å²) in [6.45, 7) is 0.694. The van der Waals surface area contributed by atoms with Gasteiger partial charge in [-0.05, 0) is 0 Å². The quantitative estimate of drug-likeness (QED) is 0.800. The molecule has 0 saturated heterocycles. The van der Waals surface area contributed by atoms with Crippen molar-refractivity contribution in [3.63, 3.8) is 0 Å². The Morgan fingerprint density at radius 1 is 1.47 bits per heavy atom. The molecule has 2 aromatic rings. The first-order valence-electron chi connectivity index (χ1n) is 5.23. The molecule has 2 rings (SSSR count). The lowest BCUT2D eigenvalue weighted by Crippen LogP contribution is -2.10. The standard InChI is InChI=1S/C10H14N6O/c1-16-7-13-15-8(16)3-5-11-10-12-6-4-9(14-10)17-2/h4,6-7H,3,5H2,1-2H3,(H,11,12,14). The van der Waals surface area contributed by atoms with Gasteiger partial charge >= 0.3 is 0 Å². The second-order valence-corrected chi connectivity index (χ2v) is 3.46. The number of anilines is 1. The molecule has 0 aliphatic rings. The Balaban J connectivity index is 1.87. The number of aryl methyl sites for hydroxylation is 1. The molecule has 0 aliphatic carbocycles. The maximum absolute atomic E-state index is 5.01. The van der Waals surface area contributed by atoms with E-state index in [1.54, 1.807) is 25.7 Å². The monoisotopic (exact) mass is 234 g/mol. The number of aromatic nitrogens is 5. The number of ether oxygens (including phenoxy) is 1. The predicted octanol–water partition coefficient (Wildman–Crippen LogP) is 0.268. The van der Waals surface area contributed by atoms with E-state index in [1.807, 2.05) is 11.6 Å². The SMILES string of the molecule is COc1ccnc(NCCc2nncn2C)n1. The van der Waals surface area contributed by atoms with Crippen LogP contribution in [0.25, 0.3) is 0 Å². The van der Waals surface area contributed by atoms with Gasteiger partial charge in [0, 0.05) is 32.3 Å². The molecule has 1 N–H and O–H groups in total. The van der Waals surface area contributed by atoms with Gasteiger partial charge in [0.1, 0.15) is 12.2 Å². The molecule has 0 radical (unpaired) electrons. The van der Waals surface area contributed by atoms with Gasteiger partial charge in [-0.1, -0.05) is 0 Å². The molecular weight excluding hydrogens is 220 g/mol. The lowest BCUT2D eigenvalue weighted by atomic mass is 10.4. The summed E-state index contributed by atoms with van der Waals surface area (Å²) >= 11 is 0. The molecule has 7 heteroatoms. The van der Waals surface area contributed by atoms with Crippen LogP contribution in [0, 0.1) is 0 Å². The highest BCUT2D eigenvalue weighted by atomic mass is 16.5. The van der Waals surface area contributed by atoms with Crippen molar-refractivity contribution in [3.05, 3.63) is 24.4 Å². The average Bonchev–Trinajstić information content (AvgIpc) is 2.76. The van der Waals surface area contributed by atoms with Crippen LogP contribution in [0.3, 0.4) is 0 Å². The summed E-state index contributed by atoms with van der Waals surface area (Å²) in [5, 5.41) is 10.9. The number of nitrogens with zero attached hydrogens (tertiary/aromatic N) is 5. The highest BCUT2D eigenvalue weighted by Crippen LogP contribution is 2.06. The highest BCUT2D eigenvalue weighted by Gasteiger charge is 2.01. The molecule has 7 nitrogen and oxygen atoms in total. The zero-order valence-electron chi connectivity index (χ0n) is 9.79. The predicted molar refractivity (Wildman–Crippen MR) is 61.8 cm³/mol. The summed E-state index contributed by atoms with van der Waals surface area (Å²) < 4.78 is 6.89. The van der Waals surface area contributed by atoms with Gasteiger partial charge in [0.15, 0.2) is 0 Å². The van der Waals surface area contributed by atoms with Crippen LogP contribution in [0.5, 0.6) is 5.88 Å². The molecule has 0 aromatic carbocycles. The molecule has 0 fully saturated rings. The second kappa shape index (κ2) is 5.24. The molecule has 2 aromatic heterocycles. The van der Waals surface area contributed by atoms with Crippen LogP contribution in [-0.4, -0.2) is 38.4 Å². The average molecular weight is 234 g/mol. The van der Waals surface area contributed by atoms with Crippen molar-refractivity contribution >= 4 is 5.95 Å². The van der Waals surface area contributed by atoms with Gasteiger partial charge in [-0.15, -0.1) is 10.2 Å². The van der Waals surface area contributed by atoms with Gasteiger partial charge < -0.3 is 14.6 Å². The minimum Gasteiger partial charge on any atom is -0.481 e. The fourth-order valence-corrected chi connectivity index (χ4v) is 1.36. The first-order valence-corrected chi connectivity index (χ1v) is 5.23. The Morgan fingerprint density at radius 2 is 2.35 bits per heavy atom. The van der Waals surface area contributed by atoms with Crippen molar-refractivity contribution in [2.75, 3.05) is 19.0 Å². The van der Waals surface area contributed by atoms with Gasteiger partial charge in [-0.2, -0.15) is 4.98 Å². The van der Waals surface area contributed by atoms with E-state index in [9.17, 15) is 0 Å². The molecule has 2 heterocycles. The van der Waals surface area contributed by atoms with Crippen LogP contribution >= 0.6 is 0 Å². The fourth-order valence-electron chi connectivity index (χ4n) is 1.36. The van der Waals surface area contributed by atoms with Crippen molar-refractivity contribution in [3.8, 4) is 5.88 Å². The van der Waals surface area contributed by atoms with Crippen molar-refractivity contribution in [2.24, 2.45) is 7.05 Å². The number of hydrogen-bond acceptors (Lipinski definition) is 6. The number of rotatable bonds is 5. The maximum atomic E-state index is 5.01. The van der Waals surface area contributed by atoms with Crippen LogP contribution in [0.2, 0.25) is 0 Å². The summed E-state index contributed by atoms with van der Waals surface area (Å²) in [6, 6.07) is 1.70. The molecule has 0 atom stereocenters. The molecular formula is C10H14N6O. The molecule has 0 unspecified atom stereocenters. The van der Waals surface area contributed by atoms with Gasteiger partial charge in [0.05, 0.1) is 7.11 Å². The third kappa shape index (κ3) is 2.90. The Morgan fingerprint density at radius 3 is 3.06 bits per heavy atom. The number of hydrogen-bond donors (Lipinski definition) is 1. The van der Waals surface area contributed by atoms with Crippen LogP contribution in [0.4, 0.5) is 5.95 Å². The fraction of sp³-hybridized carbons (Fsp3) is 0.400. The first-order chi connectivity index (χ1) is 8.29. The Hall–Kier alpha value is -2.18. The van der Waals surface area contributed by atoms with Gasteiger partial charge in [0.2, 0.25) is 11.8 Å². The molecule has 0 aliphatic heterocycles. The minimum atomic E-state index is 0.543. The molecule has 90 valence electrons. The molecule has 0 spiro atoms. The van der Waals surface area contributed by atoms with Gasteiger partial charge in [0.25, 0.3) is 0 Å². The summed E-state index contributed by atoms with van der Waals surface area (Å²) in [5.41, 5.74) is 0. The maximum Gasteiger partial charge on any atom is 0.225 e. The van der Waals surface area contributed by atoms with E-state index in [0.29, 0.717) is 18.4 Å². The van der Waals surface area contributed by atoms with E-state index in [0.717, 1.165) is 12.2 Å². The van der Waals surface area contributed by atoms with E-state index < -0.39 is 0 Å². The lowest BCUT2D eigenvalue weighted by Gasteiger charge is -2.05. The van der Waals surface area contributed by atoms with Gasteiger partial charge in [-0.3, -0.25) is 0 Å². The zero-order valence-corrected chi connectivity index (χ0v) is 9.79.